The lowest BCUT2D eigenvalue weighted by molar-refractivity contribution is -0.123. The highest BCUT2D eigenvalue weighted by Crippen LogP contribution is 2.33. The van der Waals surface area contributed by atoms with E-state index in [1.807, 2.05) is 83.4 Å². The summed E-state index contributed by atoms with van der Waals surface area (Å²) in [6.45, 7) is 3.31. The summed E-state index contributed by atoms with van der Waals surface area (Å²) in [6.07, 6.45) is 0. The van der Waals surface area contributed by atoms with Gasteiger partial charge in [0.1, 0.15) is 23.9 Å². The number of hydrogen-bond acceptors (Lipinski definition) is 7. The van der Waals surface area contributed by atoms with Crippen LogP contribution in [0, 0.1) is 0 Å². The normalized spacial score (nSPS) is 11.5. The molecule has 0 aliphatic carbocycles. The van der Waals surface area contributed by atoms with Crippen molar-refractivity contribution >= 4 is 23.5 Å². The number of nitrogens with zero attached hydrogens (tertiary/aromatic N) is 3. The van der Waals surface area contributed by atoms with Crippen LogP contribution in [0.15, 0.2) is 84.0 Å². The maximum Gasteiger partial charge on any atom is 0.233 e. The first-order valence-corrected chi connectivity index (χ1v) is 12.6. The maximum absolute atomic E-state index is 12.5. The highest BCUT2D eigenvalue weighted by Gasteiger charge is 2.23. The van der Waals surface area contributed by atoms with Crippen LogP contribution < -0.4 is 14.8 Å². The van der Waals surface area contributed by atoms with Crippen molar-refractivity contribution in [2.75, 3.05) is 13.7 Å². The number of amides is 1. The van der Waals surface area contributed by atoms with Crippen LogP contribution in [0.2, 0.25) is 0 Å². The Balaban J connectivity index is 1.64. The van der Waals surface area contributed by atoms with E-state index in [1.165, 1.54) is 18.7 Å². The summed E-state index contributed by atoms with van der Waals surface area (Å²) in [5.41, 5.74) is 2.74. The van der Waals surface area contributed by atoms with Gasteiger partial charge in [-0.05, 0) is 37.6 Å². The van der Waals surface area contributed by atoms with E-state index in [9.17, 15) is 9.59 Å². The topological polar surface area (TPSA) is 95.3 Å². The van der Waals surface area contributed by atoms with Gasteiger partial charge in [0.2, 0.25) is 5.91 Å². The van der Waals surface area contributed by atoms with E-state index in [2.05, 4.69) is 15.5 Å². The molecule has 1 aromatic heterocycles. The highest BCUT2D eigenvalue weighted by atomic mass is 32.2. The number of carbonyl (C=O) groups is 2. The second-order valence-corrected chi connectivity index (χ2v) is 9.54. The zero-order valence-electron chi connectivity index (χ0n) is 20.9. The third-order valence-corrected chi connectivity index (χ3v) is 6.56. The average molecular weight is 517 g/mol. The van der Waals surface area contributed by atoms with Gasteiger partial charge in [-0.15, -0.1) is 10.2 Å². The number of ketones is 1. The number of rotatable bonds is 11. The van der Waals surface area contributed by atoms with E-state index >= 15 is 0 Å². The lowest BCUT2D eigenvalue weighted by Crippen LogP contribution is -2.34. The minimum atomic E-state index is -0.510. The van der Waals surface area contributed by atoms with E-state index in [1.54, 1.807) is 14.0 Å². The van der Waals surface area contributed by atoms with Gasteiger partial charge < -0.3 is 14.8 Å². The van der Waals surface area contributed by atoms with E-state index in [0.717, 1.165) is 22.6 Å². The van der Waals surface area contributed by atoms with Gasteiger partial charge in [0.25, 0.3) is 0 Å². The molecule has 8 nitrogen and oxygen atoms in total. The molecule has 37 heavy (non-hydrogen) atoms. The van der Waals surface area contributed by atoms with E-state index in [-0.39, 0.29) is 24.8 Å². The van der Waals surface area contributed by atoms with E-state index < -0.39 is 5.25 Å². The molecule has 4 aromatic rings. The molecule has 1 unspecified atom stereocenters. The molecule has 1 amide bonds. The molecule has 1 heterocycles. The van der Waals surface area contributed by atoms with Gasteiger partial charge in [0.15, 0.2) is 11.0 Å². The molecule has 0 fully saturated rings. The predicted molar refractivity (Wildman–Crippen MR) is 143 cm³/mol. The van der Waals surface area contributed by atoms with Crippen LogP contribution in [0.4, 0.5) is 0 Å². The number of aromatic nitrogens is 3. The Kier molecular flexibility index (Phi) is 8.58. The van der Waals surface area contributed by atoms with Gasteiger partial charge in [-0.1, -0.05) is 72.4 Å². The first-order valence-electron chi connectivity index (χ1n) is 11.8. The summed E-state index contributed by atoms with van der Waals surface area (Å²) < 4.78 is 13.7. The van der Waals surface area contributed by atoms with Crippen LogP contribution in [0.25, 0.3) is 16.8 Å². The average Bonchev–Trinajstić information content (AvgIpc) is 3.32. The number of methoxy groups -OCH3 is 1. The lowest BCUT2D eigenvalue weighted by Gasteiger charge is -2.16. The summed E-state index contributed by atoms with van der Waals surface area (Å²) in [6, 6.07) is 25.4. The fourth-order valence-corrected chi connectivity index (χ4v) is 4.59. The quantitative estimate of drug-likeness (QED) is 0.289. The molecule has 0 saturated heterocycles. The van der Waals surface area contributed by atoms with Crippen molar-refractivity contribution in [1.29, 1.82) is 0 Å². The Morgan fingerprint density at radius 3 is 2.35 bits per heavy atom. The molecule has 0 radical (unpaired) electrons. The van der Waals surface area contributed by atoms with Crippen LogP contribution in [0.3, 0.4) is 0 Å². The zero-order valence-corrected chi connectivity index (χ0v) is 21.7. The number of thioether (sulfide) groups is 1. The fourth-order valence-electron chi connectivity index (χ4n) is 3.68. The van der Waals surface area contributed by atoms with Crippen molar-refractivity contribution in [3.8, 4) is 28.3 Å². The van der Waals surface area contributed by atoms with Crippen LogP contribution in [0.5, 0.6) is 11.5 Å². The van der Waals surface area contributed by atoms with Gasteiger partial charge in [0, 0.05) is 5.56 Å². The molecule has 1 atom stereocenters. The van der Waals surface area contributed by atoms with Crippen molar-refractivity contribution in [2.24, 2.45) is 0 Å². The molecule has 1 N–H and O–H groups in total. The fraction of sp³-hybridized carbons (Fsp3) is 0.214. The van der Waals surface area contributed by atoms with Gasteiger partial charge in [-0.2, -0.15) is 0 Å². The Labute approximate surface area is 220 Å². The van der Waals surface area contributed by atoms with Gasteiger partial charge >= 0.3 is 0 Å². The molecule has 4 rings (SSSR count). The number of nitrogens with one attached hydrogen (secondary N) is 1. The van der Waals surface area contributed by atoms with Crippen LogP contribution in [-0.4, -0.2) is 45.4 Å². The molecular weight excluding hydrogens is 488 g/mol. The second-order valence-electron chi connectivity index (χ2n) is 8.24. The van der Waals surface area contributed by atoms with Gasteiger partial charge in [-0.3, -0.25) is 14.2 Å². The SMILES string of the molecule is COc1ccccc1-n1c(COc2ccccc2-c2ccccc2)nnc1SC(C)C(=O)NCC(C)=O. The third kappa shape index (κ3) is 6.37. The molecule has 190 valence electrons. The van der Waals surface area contributed by atoms with Crippen molar-refractivity contribution in [3.05, 3.63) is 84.7 Å². The van der Waals surface area contributed by atoms with Crippen molar-refractivity contribution < 1.29 is 19.1 Å². The number of benzene rings is 3. The number of hydrogen-bond donors (Lipinski definition) is 1. The number of carbonyl (C=O) groups excluding carboxylic acids is 2. The van der Waals surface area contributed by atoms with Gasteiger partial charge in [0.05, 0.1) is 24.6 Å². The number of para-hydroxylation sites is 3. The van der Waals surface area contributed by atoms with E-state index in [4.69, 9.17) is 9.47 Å². The minimum absolute atomic E-state index is 0.0111. The summed E-state index contributed by atoms with van der Waals surface area (Å²) >= 11 is 1.24. The first kappa shape index (κ1) is 26.0. The van der Waals surface area contributed by atoms with Gasteiger partial charge in [-0.25, -0.2) is 0 Å². The largest absolute Gasteiger partial charge is 0.495 e. The molecule has 0 aliphatic heterocycles. The Bertz CT molecular complexity index is 1370. The smallest absolute Gasteiger partial charge is 0.233 e. The minimum Gasteiger partial charge on any atom is -0.495 e. The number of ether oxygens (including phenoxy) is 2. The molecule has 9 heteroatoms. The second kappa shape index (κ2) is 12.2. The Hall–Kier alpha value is -4.11. The number of Topliss-reactive ketones (excluding diaryl/α,β-unsaturated/α-hetero) is 1. The standard InChI is InChI=1S/C28H28N4O4S/c1-19(33)17-29-27(34)20(2)37-28-31-30-26(32(28)23-14-8-10-16-25(23)35-3)18-36-24-15-9-7-13-22(24)21-11-5-4-6-12-21/h4-16,20H,17-18H2,1-3H3,(H,29,34). The first-order chi connectivity index (χ1) is 18.0. The summed E-state index contributed by atoms with van der Waals surface area (Å²) in [4.78, 5) is 23.8. The third-order valence-electron chi connectivity index (χ3n) is 5.52. The van der Waals surface area contributed by atoms with E-state index in [0.29, 0.717) is 16.7 Å². The summed E-state index contributed by atoms with van der Waals surface area (Å²) in [7, 11) is 1.60. The molecule has 0 spiro atoms. The molecule has 3 aromatic carbocycles. The van der Waals surface area contributed by atoms with Crippen molar-refractivity contribution in [1.82, 2.24) is 20.1 Å². The Morgan fingerprint density at radius 1 is 0.946 bits per heavy atom. The molecular formula is C28H28N4O4S. The molecule has 0 bridgehead atoms. The van der Waals surface area contributed by atoms with Crippen LogP contribution in [0.1, 0.15) is 19.7 Å². The Morgan fingerprint density at radius 2 is 1.62 bits per heavy atom. The zero-order chi connectivity index (χ0) is 26.2. The lowest BCUT2D eigenvalue weighted by atomic mass is 10.1. The summed E-state index contributed by atoms with van der Waals surface area (Å²) in [5.74, 6) is 1.52. The molecule has 0 aliphatic rings. The monoisotopic (exact) mass is 516 g/mol. The highest BCUT2D eigenvalue weighted by molar-refractivity contribution is 8.00. The van der Waals surface area contributed by atoms with Crippen LogP contribution >= 0.6 is 11.8 Å². The summed E-state index contributed by atoms with van der Waals surface area (Å²) in [5, 5.41) is 11.4. The maximum atomic E-state index is 12.5. The van der Waals surface area contributed by atoms with Crippen molar-refractivity contribution in [2.45, 2.75) is 30.9 Å². The predicted octanol–water partition coefficient (Wildman–Crippen LogP) is 4.71. The van der Waals surface area contributed by atoms with Crippen molar-refractivity contribution in [3.63, 3.8) is 0 Å². The van der Waals surface area contributed by atoms with Crippen LogP contribution in [-0.2, 0) is 16.2 Å². The molecule has 0 saturated carbocycles.